The van der Waals surface area contributed by atoms with Crippen LogP contribution in [-0.4, -0.2) is 13.2 Å². The van der Waals surface area contributed by atoms with E-state index in [0.29, 0.717) is 5.92 Å². The van der Waals surface area contributed by atoms with Gasteiger partial charge in [-0.1, -0.05) is 51.1 Å². The third-order valence-corrected chi connectivity index (χ3v) is 4.10. The van der Waals surface area contributed by atoms with Gasteiger partial charge in [-0.05, 0) is 29.2 Å². The van der Waals surface area contributed by atoms with Crippen LogP contribution in [0.5, 0.6) is 5.75 Å². The van der Waals surface area contributed by atoms with E-state index in [4.69, 9.17) is 4.74 Å². The van der Waals surface area contributed by atoms with Gasteiger partial charge in [-0.25, -0.2) is 0 Å². The largest absolute Gasteiger partial charge is 0.493 e. The molecule has 0 aliphatic carbocycles. The molecule has 0 spiro atoms. The lowest BCUT2D eigenvalue weighted by molar-refractivity contribution is 0.334. The van der Waals surface area contributed by atoms with Gasteiger partial charge in [-0.15, -0.1) is 0 Å². The summed E-state index contributed by atoms with van der Waals surface area (Å²) in [7, 11) is 0. The van der Waals surface area contributed by atoms with Gasteiger partial charge in [-0.3, -0.25) is 0 Å². The maximum absolute atomic E-state index is 5.72. The molecule has 1 unspecified atom stereocenters. The molecule has 2 aromatic carbocycles. The van der Waals surface area contributed by atoms with E-state index >= 15 is 0 Å². The molecule has 1 heterocycles. The summed E-state index contributed by atoms with van der Waals surface area (Å²) in [4.78, 5) is 0. The summed E-state index contributed by atoms with van der Waals surface area (Å²) < 4.78 is 5.72. The third kappa shape index (κ3) is 3.05. The topological polar surface area (TPSA) is 21.3 Å². The second kappa shape index (κ2) is 5.44. The van der Waals surface area contributed by atoms with Gasteiger partial charge in [0.15, 0.2) is 0 Å². The van der Waals surface area contributed by atoms with Crippen LogP contribution in [0.2, 0.25) is 0 Å². The number of fused-ring (bicyclic) bond motifs is 1. The van der Waals surface area contributed by atoms with Crippen LogP contribution in [-0.2, 0) is 5.41 Å². The number of nitrogens with one attached hydrogen (secondary N) is 1. The van der Waals surface area contributed by atoms with Gasteiger partial charge in [0.1, 0.15) is 5.75 Å². The normalized spacial score (nSPS) is 17.2. The van der Waals surface area contributed by atoms with Gasteiger partial charge < -0.3 is 10.1 Å². The Morgan fingerprint density at radius 1 is 1.05 bits per heavy atom. The van der Waals surface area contributed by atoms with Crippen molar-refractivity contribution < 1.29 is 4.74 Å². The molecule has 0 aromatic heterocycles. The van der Waals surface area contributed by atoms with Crippen LogP contribution >= 0.6 is 0 Å². The van der Waals surface area contributed by atoms with E-state index in [1.54, 1.807) is 0 Å². The van der Waals surface area contributed by atoms with E-state index in [1.165, 1.54) is 16.8 Å². The summed E-state index contributed by atoms with van der Waals surface area (Å²) in [5, 5.41) is 3.53. The van der Waals surface area contributed by atoms with Crippen LogP contribution in [0.4, 0.5) is 5.69 Å². The average Bonchev–Trinajstić information content (AvgIpc) is 2.88. The van der Waals surface area contributed by atoms with E-state index in [9.17, 15) is 0 Å². The standard InChI is InChI=1S/C19H23NO/c1-19(2,3)15-8-10-16(11-9-15)20-12-14-13-21-18-7-5-4-6-17(14)18/h4-11,14,20H,12-13H2,1-3H3. The molecular formula is C19H23NO. The molecule has 0 fully saturated rings. The minimum atomic E-state index is 0.205. The number of hydrogen-bond donors (Lipinski definition) is 1. The average molecular weight is 281 g/mol. The number of rotatable bonds is 3. The lowest BCUT2D eigenvalue weighted by Crippen LogP contribution is -2.14. The summed E-state index contributed by atoms with van der Waals surface area (Å²) in [5.74, 6) is 1.47. The van der Waals surface area contributed by atoms with Crippen LogP contribution in [0.15, 0.2) is 48.5 Å². The van der Waals surface area contributed by atoms with Crippen molar-refractivity contribution in [3.05, 3.63) is 59.7 Å². The predicted molar refractivity (Wildman–Crippen MR) is 88.3 cm³/mol. The summed E-state index contributed by atoms with van der Waals surface area (Å²) in [6.45, 7) is 8.39. The van der Waals surface area contributed by atoms with Gasteiger partial charge >= 0.3 is 0 Å². The molecule has 1 N–H and O–H groups in total. The summed E-state index contributed by atoms with van der Waals surface area (Å²) >= 11 is 0. The molecule has 21 heavy (non-hydrogen) atoms. The molecule has 2 aromatic rings. The van der Waals surface area contributed by atoms with Crippen LogP contribution < -0.4 is 10.1 Å². The van der Waals surface area contributed by atoms with Crippen molar-refractivity contribution >= 4 is 5.69 Å². The van der Waals surface area contributed by atoms with Crippen molar-refractivity contribution in [2.45, 2.75) is 32.1 Å². The summed E-state index contributed by atoms with van der Waals surface area (Å²) in [6.07, 6.45) is 0. The Bertz CT molecular complexity index is 610. The molecular weight excluding hydrogens is 258 g/mol. The molecule has 2 heteroatoms. The molecule has 0 radical (unpaired) electrons. The molecule has 110 valence electrons. The first kappa shape index (κ1) is 14.0. The van der Waals surface area contributed by atoms with Crippen LogP contribution in [0.25, 0.3) is 0 Å². The van der Waals surface area contributed by atoms with Gasteiger partial charge in [0.05, 0.1) is 6.61 Å². The Balaban J connectivity index is 1.64. The molecule has 2 nitrogen and oxygen atoms in total. The molecule has 0 saturated heterocycles. The van der Waals surface area contributed by atoms with Gasteiger partial charge in [0, 0.05) is 23.7 Å². The Kier molecular flexibility index (Phi) is 3.62. The maximum Gasteiger partial charge on any atom is 0.122 e. The van der Waals surface area contributed by atoms with E-state index in [1.807, 2.05) is 12.1 Å². The highest BCUT2D eigenvalue weighted by Crippen LogP contribution is 2.33. The SMILES string of the molecule is CC(C)(C)c1ccc(NCC2COc3ccccc32)cc1. The Morgan fingerprint density at radius 2 is 1.76 bits per heavy atom. The second-order valence-electron chi connectivity index (χ2n) is 6.75. The number of benzene rings is 2. The fourth-order valence-corrected chi connectivity index (χ4v) is 2.73. The predicted octanol–water partition coefficient (Wildman–Crippen LogP) is 4.57. The lowest BCUT2D eigenvalue weighted by Gasteiger charge is -2.19. The number of para-hydroxylation sites is 1. The molecule has 0 saturated carbocycles. The summed E-state index contributed by atoms with van der Waals surface area (Å²) in [5.41, 5.74) is 4.06. The van der Waals surface area contributed by atoms with Crippen molar-refractivity contribution in [1.29, 1.82) is 0 Å². The number of ether oxygens (including phenoxy) is 1. The fourth-order valence-electron chi connectivity index (χ4n) is 2.73. The van der Waals surface area contributed by atoms with E-state index in [0.717, 1.165) is 18.9 Å². The van der Waals surface area contributed by atoms with Crippen molar-refractivity contribution in [1.82, 2.24) is 0 Å². The van der Waals surface area contributed by atoms with Gasteiger partial charge in [0.2, 0.25) is 0 Å². The van der Waals surface area contributed by atoms with Crippen molar-refractivity contribution in [3.8, 4) is 5.75 Å². The molecule has 1 atom stereocenters. The molecule has 1 aliphatic rings. The zero-order valence-corrected chi connectivity index (χ0v) is 13.0. The maximum atomic E-state index is 5.72. The first-order chi connectivity index (χ1) is 10.0. The van der Waals surface area contributed by atoms with E-state index < -0.39 is 0 Å². The molecule has 0 amide bonds. The van der Waals surface area contributed by atoms with Crippen molar-refractivity contribution in [2.24, 2.45) is 0 Å². The molecule has 1 aliphatic heterocycles. The monoisotopic (exact) mass is 281 g/mol. The fraction of sp³-hybridized carbons (Fsp3) is 0.368. The summed E-state index contributed by atoms with van der Waals surface area (Å²) in [6, 6.07) is 17.1. The lowest BCUT2D eigenvalue weighted by atomic mass is 9.87. The van der Waals surface area contributed by atoms with Crippen LogP contribution in [0.1, 0.15) is 37.8 Å². The highest BCUT2D eigenvalue weighted by Gasteiger charge is 2.23. The number of hydrogen-bond acceptors (Lipinski definition) is 2. The van der Waals surface area contributed by atoms with Gasteiger partial charge in [-0.2, -0.15) is 0 Å². The first-order valence-corrected chi connectivity index (χ1v) is 7.60. The van der Waals surface area contributed by atoms with E-state index in [2.05, 4.69) is 62.5 Å². The quantitative estimate of drug-likeness (QED) is 0.889. The first-order valence-electron chi connectivity index (χ1n) is 7.60. The number of anilines is 1. The molecule has 3 rings (SSSR count). The Labute approximate surface area is 127 Å². The molecule has 0 bridgehead atoms. The van der Waals surface area contributed by atoms with Gasteiger partial charge in [0.25, 0.3) is 0 Å². The minimum absolute atomic E-state index is 0.205. The Morgan fingerprint density at radius 3 is 2.48 bits per heavy atom. The zero-order valence-electron chi connectivity index (χ0n) is 13.0. The van der Waals surface area contributed by atoms with Crippen LogP contribution in [0, 0.1) is 0 Å². The van der Waals surface area contributed by atoms with E-state index in [-0.39, 0.29) is 5.41 Å². The zero-order chi connectivity index (χ0) is 14.9. The third-order valence-electron chi connectivity index (χ3n) is 4.10. The van der Waals surface area contributed by atoms with Crippen molar-refractivity contribution in [3.63, 3.8) is 0 Å². The minimum Gasteiger partial charge on any atom is -0.493 e. The Hall–Kier alpha value is -1.96. The van der Waals surface area contributed by atoms with Crippen LogP contribution in [0.3, 0.4) is 0 Å². The smallest absolute Gasteiger partial charge is 0.122 e. The second-order valence-corrected chi connectivity index (χ2v) is 6.75. The highest BCUT2D eigenvalue weighted by atomic mass is 16.5. The van der Waals surface area contributed by atoms with Crippen molar-refractivity contribution in [2.75, 3.05) is 18.5 Å². The highest BCUT2D eigenvalue weighted by molar-refractivity contribution is 5.47.